The van der Waals surface area contributed by atoms with Gasteiger partial charge in [0.2, 0.25) is 0 Å². The molecule has 2 atom stereocenters. The van der Waals surface area contributed by atoms with Crippen molar-refractivity contribution in [3.8, 4) is 0 Å². The maximum atomic E-state index is 10.6. The maximum absolute atomic E-state index is 10.6. The first-order chi connectivity index (χ1) is 13.2. The zero-order valence-electron chi connectivity index (χ0n) is 15.5. The summed E-state index contributed by atoms with van der Waals surface area (Å²) in [7, 11) is 0. The van der Waals surface area contributed by atoms with Gasteiger partial charge < -0.3 is 10.2 Å². The second-order valence-electron chi connectivity index (χ2n) is 6.86. The summed E-state index contributed by atoms with van der Waals surface area (Å²) < 4.78 is 0. The summed E-state index contributed by atoms with van der Waals surface area (Å²) in [6.07, 6.45) is -0.430. The van der Waals surface area contributed by atoms with Crippen LogP contribution in [-0.4, -0.2) is 28.2 Å². The molecule has 0 spiro atoms. The number of aliphatic hydroxyl groups excluding tert-OH is 2. The highest BCUT2D eigenvalue weighted by Crippen LogP contribution is 2.20. The average Bonchev–Trinajstić information content (AvgIpc) is 2.73. The van der Waals surface area contributed by atoms with Crippen LogP contribution in [0.3, 0.4) is 0 Å². The van der Waals surface area contributed by atoms with E-state index in [-0.39, 0.29) is 0 Å². The molecule has 0 radical (unpaired) electrons. The van der Waals surface area contributed by atoms with E-state index in [2.05, 4.69) is 17.0 Å². The predicted molar refractivity (Wildman–Crippen MR) is 109 cm³/mol. The minimum absolute atomic E-state index is 0.502. The van der Waals surface area contributed by atoms with E-state index in [1.165, 1.54) is 5.56 Å². The lowest BCUT2D eigenvalue weighted by molar-refractivity contribution is 0.0898. The molecule has 3 aromatic rings. The van der Waals surface area contributed by atoms with Crippen LogP contribution in [0.25, 0.3) is 0 Å². The van der Waals surface area contributed by atoms with E-state index in [0.29, 0.717) is 19.5 Å². The lowest BCUT2D eigenvalue weighted by Gasteiger charge is -2.26. The van der Waals surface area contributed by atoms with Crippen LogP contribution in [0.1, 0.15) is 35.3 Å². The van der Waals surface area contributed by atoms with Crippen LogP contribution in [0.5, 0.6) is 0 Å². The van der Waals surface area contributed by atoms with Crippen LogP contribution in [-0.2, 0) is 6.54 Å². The van der Waals surface area contributed by atoms with Gasteiger partial charge in [-0.25, -0.2) is 0 Å². The van der Waals surface area contributed by atoms with Gasteiger partial charge >= 0.3 is 0 Å². The van der Waals surface area contributed by atoms with Gasteiger partial charge in [0.25, 0.3) is 0 Å². The van der Waals surface area contributed by atoms with Gasteiger partial charge in [-0.3, -0.25) is 4.90 Å². The van der Waals surface area contributed by atoms with Gasteiger partial charge in [-0.2, -0.15) is 0 Å². The number of hydrogen-bond acceptors (Lipinski definition) is 3. The first-order valence-electron chi connectivity index (χ1n) is 9.44. The van der Waals surface area contributed by atoms with E-state index in [0.717, 1.165) is 17.7 Å². The highest BCUT2D eigenvalue weighted by molar-refractivity contribution is 5.19. The molecule has 2 N–H and O–H groups in total. The van der Waals surface area contributed by atoms with Gasteiger partial charge in [0, 0.05) is 19.6 Å². The van der Waals surface area contributed by atoms with Crippen molar-refractivity contribution in [1.29, 1.82) is 0 Å². The van der Waals surface area contributed by atoms with Crippen molar-refractivity contribution in [2.75, 3.05) is 13.1 Å². The molecule has 0 aliphatic carbocycles. The minimum atomic E-state index is -0.552. The summed E-state index contributed by atoms with van der Waals surface area (Å²) in [4.78, 5) is 2.21. The van der Waals surface area contributed by atoms with Crippen LogP contribution in [0, 0.1) is 0 Å². The van der Waals surface area contributed by atoms with Crippen molar-refractivity contribution in [2.24, 2.45) is 0 Å². The Labute approximate surface area is 161 Å². The first-order valence-corrected chi connectivity index (χ1v) is 9.44. The Hall–Kier alpha value is -2.46. The molecule has 140 valence electrons. The van der Waals surface area contributed by atoms with E-state index in [1.807, 2.05) is 78.9 Å². The summed E-state index contributed by atoms with van der Waals surface area (Å²) in [5.41, 5.74) is 3.05. The van der Waals surface area contributed by atoms with Crippen LogP contribution < -0.4 is 0 Å². The molecular weight excluding hydrogens is 334 g/mol. The Morgan fingerprint density at radius 2 is 1.11 bits per heavy atom. The molecule has 0 aliphatic heterocycles. The minimum Gasteiger partial charge on any atom is -0.388 e. The van der Waals surface area contributed by atoms with Gasteiger partial charge in [0.05, 0.1) is 12.2 Å². The number of nitrogens with zero attached hydrogens (tertiary/aromatic N) is 1. The molecular formula is C24H27NO2. The van der Waals surface area contributed by atoms with Crippen molar-refractivity contribution in [3.63, 3.8) is 0 Å². The third kappa shape index (κ3) is 6.04. The van der Waals surface area contributed by atoms with E-state index >= 15 is 0 Å². The van der Waals surface area contributed by atoms with Crippen molar-refractivity contribution in [2.45, 2.75) is 25.2 Å². The third-order valence-electron chi connectivity index (χ3n) is 4.77. The summed E-state index contributed by atoms with van der Waals surface area (Å²) >= 11 is 0. The van der Waals surface area contributed by atoms with Crippen molar-refractivity contribution >= 4 is 0 Å². The SMILES string of the molecule is O[C@@H](CCN(Cc1ccccc1)C[C@H](O)c1ccccc1)c1ccccc1. The fourth-order valence-electron chi connectivity index (χ4n) is 3.25. The Bertz CT molecular complexity index is 777. The molecule has 3 nitrogen and oxygen atoms in total. The van der Waals surface area contributed by atoms with Gasteiger partial charge in [0.15, 0.2) is 0 Å². The Morgan fingerprint density at radius 3 is 1.67 bits per heavy atom. The fourth-order valence-corrected chi connectivity index (χ4v) is 3.25. The summed E-state index contributed by atoms with van der Waals surface area (Å²) in [6.45, 7) is 1.97. The van der Waals surface area contributed by atoms with Crippen LogP contribution in [0.15, 0.2) is 91.0 Å². The zero-order valence-corrected chi connectivity index (χ0v) is 15.5. The van der Waals surface area contributed by atoms with E-state index in [4.69, 9.17) is 0 Å². The van der Waals surface area contributed by atoms with Crippen LogP contribution in [0.4, 0.5) is 0 Å². The molecule has 0 saturated carbocycles. The second-order valence-corrected chi connectivity index (χ2v) is 6.86. The van der Waals surface area contributed by atoms with E-state index in [1.54, 1.807) is 0 Å². The topological polar surface area (TPSA) is 43.7 Å². The molecule has 0 aromatic heterocycles. The Morgan fingerprint density at radius 1 is 0.630 bits per heavy atom. The molecule has 0 saturated heterocycles. The molecule has 3 heteroatoms. The smallest absolute Gasteiger partial charge is 0.0917 e. The summed E-state index contributed by atoms with van der Waals surface area (Å²) in [6, 6.07) is 29.7. The third-order valence-corrected chi connectivity index (χ3v) is 4.77. The van der Waals surface area contributed by atoms with Crippen LogP contribution in [0.2, 0.25) is 0 Å². The monoisotopic (exact) mass is 361 g/mol. The van der Waals surface area contributed by atoms with E-state index < -0.39 is 12.2 Å². The first kappa shape index (κ1) is 19.3. The molecule has 3 rings (SSSR count). The number of benzene rings is 3. The molecule has 0 heterocycles. The normalized spacial score (nSPS) is 13.4. The molecule has 0 aliphatic rings. The largest absolute Gasteiger partial charge is 0.388 e. The molecule has 27 heavy (non-hydrogen) atoms. The Balaban J connectivity index is 1.65. The van der Waals surface area contributed by atoms with Gasteiger partial charge in [0.1, 0.15) is 0 Å². The van der Waals surface area contributed by atoms with Crippen LogP contribution >= 0.6 is 0 Å². The molecule has 0 amide bonds. The van der Waals surface area contributed by atoms with Crippen molar-refractivity contribution < 1.29 is 10.2 Å². The quantitative estimate of drug-likeness (QED) is 0.596. The molecule has 3 aromatic carbocycles. The van der Waals surface area contributed by atoms with Gasteiger partial charge in [-0.15, -0.1) is 0 Å². The van der Waals surface area contributed by atoms with Crippen molar-refractivity contribution in [3.05, 3.63) is 108 Å². The number of rotatable bonds is 9. The van der Waals surface area contributed by atoms with Gasteiger partial charge in [-0.1, -0.05) is 91.0 Å². The lowest BCUT2D eigenvalue weighted by atomic mass is 10.1. The molecule has 0 unspecified atom stereocenters. The zero-order chi connectivity index (χ0) is 18.9. The summed E-state index contributed by atoms with van der Waals surface area (Å²) in [5, 5.41) is 21.1. The molecule has 0 fully saturated rings. The number of aliphatic hydroxyl groups is 2. The van der Waals surface area contributed by atoms with Gasteiger partial charge in [-0.05, 0) is 23.1 Å². The highest BCUT2D eigenvalue weighted by Gasteiger charge is 2.16. The number of hydrogen-bond donors (Lipinski definition) is 2. The fraction of sp³-hybridized carbons (Fsp3) is 0.250. The summed E-state index contributed by atoms with van der Waals surface area (Å²) in [5.74, 6) is 0. The Kier molecular flexibility index (Phi) is 7.17. The van der Waals surface area contributed by atoms with E-state index in [9.17, 15) is 10.2 Å². The maximum Gasteiger partial charge on any atom is 0.0917 e. The second kappa shape index (κ2) is 10.0. The lowest BCUT2D eigenvalue weighted by Crippen LogP contribution is -2.30. The average molecular weight is 361 g/mol. The molecule has 0 bridgehead atoms. The van der Waals surface area contributed by atoms with Crippen molar-refractivity contribution in [1.82, 2.24) is 4.90 Å². The standard InChI is InChI=1S/C24H27NO2/c26-23(21-12-6-2-7-13-21)16-17-25(18-20-10-4-1-5-11-20)19-24(27)22-14-8-3-9-15-22/h1-15,23-24,26-27H,16-19H2/t23-,24-/m0/s1. The highest BCUT2D eigenvalue weighted by atomic mass is 16.3. The predicted octanol–water partition coefficient (Wildman–Crippen LogP) is 4.35.